The summed E-state index contributed by atoms with van der Waals surface area (Å²) in [5.41, 5.74) is 7.89. The summed E-state index contributed by atoms with van der Waals surface area (Å²) >= 11 is 1.41. The summed E-state index contributed by atoms with van der Waals surface area (Å²) in [4.78, 5) is 31.4. The van der Waals surface area contributed by atoms with Gasteiger partial charge in [0.2, 0.25) is 17.0 Å². The van der Waals surface area contributed by atoms with Crippen LogP contribution in [0.1, 0.15) is 18.5 Å². The van der Waals surface area contributed by atoms with Gasteiger partial charge in [-0.3, -0.25) is 19.6 Å². The van der Waals surface area contributed by atoms with E-state index in [1.54, 1.807) is 4.52 Å². The van der Waals surface area contributed by atoms with E-state index in [4.69, 9.17) is 5.73 Å². The lowest BCUT2D eigenvalue weighted by Crippen LogP contribution is -2.43. The molecule has 1 aliphatic heterocycles. The van der Waals surface area contributed by atoms with Crippen LogP contribution in [0.5, 0.6) is 0 Å². The summed E-state index contributed by atoms with van der Waals surface area (Å²) in [7, 11) is 0. The second-order valence-electron chi connectivity index (χ2n) is 8.35. The molecule has 1 unspecified atom stereocenters. The third-order valence-electron chi connectivity index (χ3n) is 5.71. The number of hydrogen-bond acceptors (Lipinski definition) is 8. The number of aromatic nitrogens is 5. The number of benzene rings is 1. The van der Waals surface area contributed by atoms with Crippen LogP contribution in [0.25, 0.3) is 5.52 Å². The Balaban J connectivity index is 1.25. The van der Waals surface area contributed by atoms with Gasteiger partial charge in [-0.25, -0.2) is 9.50 Å². The number of anilines is 3. The standard InChI is InChI=1S/C23H25N9O2S/c1-14-12-19(29-28-14)26-22-18-5-3-11-32(18)30-23(27-22)35-16-8-6-15(7-9-16)25-20(33)13-31-10-2-4-17(31)21(24)34/h3,5-9,11-12,17H,2,4,10,13H2,1H3,(H2,24,34)(H,25,33)(H2,26,27,28,29,30). The summed E-state index contributed by atoms with van der Waals surface area (Å²) < 4.78 is 1.77. The van der Waals surface area contributed by atoms with Gasteiger partial charge in [0.15, 0.2) is 11.6 Å². The van der Waals surface area contributed by atoms with Gasteiger partial charge in [0, 0.05) is 28.5 Å². The fourth-order valence-corrected chi connectivity index (χ4v) is 4.84. The molecule has 1 atom stereocenters. The fraction of sp³-hybridized carbons (Fsp3) is 0.261. The topological polar surface area (TPSA) is 146 Å². The number of carbonyl (C=O) groups is 2. The van der Waals surface area contributed by atoms with Gasteiger partial charge in [0.1, 0.15) is 5.52 Å². The summed E-state index contributed by atoms with van der Waals surface area (Å²) in [6.45, 7) is 2.77. The van der Waals surface area contributed by atoms with E-state index in [2.05, 4.69) is 30.9 Å². The van der Waals surface area contributed by atoms with Crippen LogP contribution >= 0.6 is 11.8 Å². The number of primary amides is 1. The number of carbonyl (C=O) groups excluding carboxylic acids is 2. The smallest absolute Gasteiger partial charge is 0.238 e. The van der Waals surface area contributed by atoms with Gasteiger partial charge in [0.25, 0.3) is 0 Å². The lowest BCUT2D eigenvalue weighted by molar-refractivity contribution is -0.123. The van der Waals surface area contributed by atoms with Gasteiger partial charge in [0.05, 0.1) is 12.6 Å². The van der Waals surface area contributed by atoms with Gasteiger partial charge in [-0.2, -0.15) is 5.10 Å². The van der Waals surface area contributed by atoms with E-state index < -0.39 is 0 Å². The number of aryl methyl sites for hydroxylation is 1. The quantitative estimate of drug-likeness (QED) is 0.294. The molecule has 1 fully saturated rings. The Morgan fingerprint density at radius 3 is 2.83 bits per heavy atom. The number of rotatable bonds is 8. The molecule has 5 N–H and O–H groups in total. The monoisotopic (exact) mass is 491 g/mol. The molecule has 0 radical (unpaired) electrons. The first kappa shape index (κ1) is 22.9. The van der Waals surface area contributed by atoms with Crippen molar-refractivity contribution < 1.29 is 9.59 Å². The van der Waals surface area contributed by atoms with Crippen LogP contribution in [0, 0.1) is 6.92 Å². The molecule has 4 aromatic rings. The average molecular weight is 492 g/mol. The van der Waals surface area contributed by atoms with Crippen molar-refractivity contribution in [1.29, 1.82) is 0 Å². The van der Waals surface area contributed by atoms with Gasteiger partial charge in [-0.05, 0) is 74.5 Å². The summed E-state index contributed by atoms with van der Waals surface area (Å²) in [5, 5.41) is 18.4. The molecule has 1 saturated heterocycles. The molecule has 0 saturated carbocycles. The average Bonchev–Trinajstić information content (AvgIpc) is 3.56. The highest BCUT2D eigenvalue weighted by atomic mass is 32.2. The molecule has 0 bridgehead atoms. The van der Waals surface area contributed by atoms with E-state index in [0.29, 0.717) is 35.4 Å². The highest BCUT2D eigenvalue weighted by Gasteiger charge is 2.30. The van der Waals surface area contributed by atoms with E-state index in [1.807, 2.05) is 60.5 Å². The third kappa shape index (κ3) is 5.28. The van der Waals surface area contributed by atoms with E-state index in [-0.39, 0.29) is 24.4 Å². The van der Waals surface area contributed by atoms with E-state index in [0.717, 1.165) is 22.5 Å². The van der Waals surface area contributed by atoms with Crippen LogP contribution in [0.4, 0.5) is 17.3 Å². The predicted octanol–water partition coefficient (Wildman–Crippen LogP) is 2.54. The molecule has 0 aliphatic carbocycles. The van der Waals surface area contributed by atoms with Crippen LogP contribution < -0.4 is 16.4 Å². The predicted molar refractivity (Wildman–Crippen MR) is 133 cm³/mol. The van der Waals surface area contributed by atoms with Crippen LogP contribution in [0.3, 0.4) is 0 Å². The lowest BCUT2D eigenvalue weighted by Gasteiger charge is -2.21. The number of nitrogens with one attached hydrogen (secondary N) is 3. The molecule has 1 aliphatic rings. The Hall–Kier alpha value is -3.90. The van der Waals surface area contributed by atoms with Crippen molar-refractivity contribution in [3.63, 3.8) is 0 Å². The summed E-state index contributed by atoms with van der Waals surface area (Å²) in [5.74, 6) is 0.773. The minimum Gasteiger partial charge on any atom is -0.368 e. The molecular weight excluding hydrogens is 466 g/mol. The Morgan fingerprint density at radius 2 is 2.09 bits per heavy atom. The fourth-order valence-electron chi connectivity index (χ4n) is 4.09. The number of nitrogens with two attached hydrogens (primary N) is 1. The van der Waals surface area contributed by atoms with Crippen LogP contribution in [0.15, 0.2) is 58.7 Å². The van der Waals surface area contributed by atoms with Crippen molar-refractivity contribution in [2.45, 2.75) is 35.9 Å². The number of fused-ring (bicyclic) bond motifs is 1. The molecule has 0 spiro atoms. The highest BCUT2D eigenvalue weighted by molar-refractivity contribution is 7.99. The number of likely N-dealkylation sites (tertiary alicyclic amines) is 1. The van der Waals surface area contributed by atoms with Crippen molar-refractivity contribution >= 4 is 46.4 Å². The lowest BCUT2D eigenvalue weighted by atomic mass is 10.2. The molecule has 11 nitrogen and oxygen atoms in total. The zero-order valence-electron chi connectivity index (χ0n) is 19.1. The van der Waals surface area contributed by atoms with Crippen LogP contribution in [-0.4, -0.2) is 60.6 Å². The zero-order valence-corrected chi connectivity index (χ0v) is 19.9. The number of amides is 2. The Morgan fingerprint density at radius 1 is 1.26 bits per heavy atom. The Kier molecular flexibility index (Phi) is 6.38. The number of aromatic amines is 1. The van der Waals surface area contributed by atoms with E-state index >= 15 is 0 Å². The van der Waals surface area contributed by atoms with E-state index in [1.165, 1.54) is 11.8 Å². The van der Waals surface area contributed by atoms with Gasteiger partial charge in [-0.1, -0.05) is 0 Å². The Bertz CT molecular complexity index is 1370. The van der Waals surface area contributed by atoms with Crippen LogP contribution in [0.2, 0.25) is 0 Å². The summed E-state index contributed by atoms with van der Waals surface area (Å²) in [6.07, 6.45) is 3.43. The van der Waals surface area contributed by atoms with Crippen molar-refractivity contribution in [3.8, 4) is 0 Å². The minimum absolute atomic E-state index is 0.139. The molecular formula is C23H25N9O2S. The highest BCUT2D eigenvalue weighted by Crippen LogP contribution is 2.29. The second-order valence-corrected chi connectivity index (χ2v) is 9.39. The number of nitrogens with zero attached hydrogens (tertiary/aromatic N) is 5. The first-order valence-corrected chi connectivity index (χ1v) is 12.0. The van der Waals surface area contributed by atoms with Crippen molar-refractivity contribution in [2.75, 3.05) is 23.7 Å². The second kappa shape index (κ2) is 9.76. The van der Waals surface area contributed by atoms with Crippen molar-refractivity contribution in [2.24, 2.45) is 5.73 Å². The van der Waals surface area contributed by atoms with Gasteiger partial charge < -0.3 is 16.4 Å². The van der Waals surface area contributed by atoms with Gasteiger partial charge >= 0.3 is 0 Å². The molecule has 35 heavy (non-hydrogen) atoms. The van der Waals surface area contributed by atoms with Crippen molar-refractivity contribution in [3.05, 3.63) is 54.4 Å². The van der Waals surface area contributed by atoms with E-state index in [9.17, 15) is 9.59 Å². The van der Waals surface area contributed by atoms with Crippen molar-refractivity contribution in [1.82, 2.24) is 29.7 Å². The molecule has 12 heteroatoms. The molecule has 5 rings (SSSR count). The molecule has 2 amide bonds. The maximum Gasteiger partial charge on any atom is 0.238 e. The first-order chi connectivity index (χ1) is 16.9. The normalized spacial score (nSPS) is 16.0. The van der Waals surface area contributed by atoms with Gasteiger partial charge in [-0.15, -0.1) is 5.10 Å². The summed E-state index contributed by atoms with van der Waals surface area (Å²) in [6, 6.07) is 12.8. The minimum atomic E-state index is -0.380. The number of H-pyrrole nitrogens is 1. The maximum atomic E-state index is 12.5. The SMILES string of the molecule is Cc1cc(Nc2nc(Sc3ccc(NC(=O)CN4CCCC4C(N)=O)cc3)nn3cccc23)n[nH]1. The van der Waals surface area contributed by atoms with Crippen LogP contribution in [-0.2, 0) is 9.59 Å². The largest absolute Gasteiger partial charge is 0.368 e. The number of hydrogen-bond donors (Lipinski definition) is 4. The maximum absolute atomic E-state index is 12.5. The zero-order chi connectivity index (χ0) is 24.4. The molecule has 1 aromatic carbocycles. The molecule has 180 valence electrons. The third-order valence-corrected chi connectivity index (χ3v) is 6.57. The molecule has 3 aromatic heterocycles. The Labute approximate surface area is 205 Å². The molecule has 4 heterocycles. The first-order valence-electron chi connectivity index (χ1n) is 11.2.